The van der Waals surface area contributed by atoms with Gasteiger partial charge in [0, 0.05) is 25.2 Å². The summed E-state index contributed by atoms with van der Waals surface area (Å²) >= 11 is 0. The van der Waals surface area contributed by atoms with Gasteiger partial charge in [0.05, 0.1) is 19.9 Å². The van der Waals surface area contributed by atoms with E-state index in [2.05, 4.69) is 22.5 Å². The number of methoxy groups -OCH3 is 2. The summed E-state index contributed by atoms with van der Waals surface area (Å²) in [6, 6.07) is 5.74. The van der Waals surface area contributed by atoms with Crippen molar-refractivity contribution in [1.82, 2.24) is 10.2 Å². The molecule has 0 radical (unpaired) electrons. The molecule has 0 bridgehead atoms. The monoisotopic (exact) mass is 335 g/mol. The van der Waals surface area contributed by atoms with E-state index in [9.17, 15) is 4.79 Å². The number of nitrogens with one attached hydrogen (secondary N) is 2. The summed E-state index contributed by atoms with van der Waals surface area (Å²) in [7, 11) is 3.16. The van der Waals surface area contributed by atoms with Gasteiger partial charge in [-0.25, -0.2) is 4.79 Å². The van der Waals surface area contributed by atoms with E-state index in [0.29, 0.717) is 29.8 Å². The number of anilines is 1. The van der Waals surface area contributed by atoms with E-state index < -0.39 is 0 Å². The van der Waals surface area contributed by atoms with Gasteiger partial charge in [-0.2, -0.15) is 0 Å². The van der Waals surface area contributed by atoms with Crippen LogP contribution in [0.2, 0.25) is 0 Å². The maximum Gasteiger partial charge on any atom is 0.319 e. The highest BCUT2D eigenvalue weighted by molar-refractivity contribution is 5.91. The minimum atomic E-state index is -0.228. The van der Waals surface area contributed by atoms with Crippen molar-refractivity contribution in [1.29, 1.82) is 0 Å². The van der Waals surface area contributed by atoms with Crippen molar-refractivity contribution >= 4 is 11.7 Å². The summed E-state index contributed by atoms with van der Waals surface area (Å²) in [5.41, 5.74) is 0.596. The molecule has 0 aromatic heterocycles. The van der Waals surface area contributed by atoms with E-state index in [1.165, 1.54) is 25.8 Å². The number of urea groups is 1. The van der Waals surface area contributed by atoms with E-state index in [-0.39, 0.29) is 6.03 Å². The van der Waals surface area contributed by atoms with Crippen molar-refractivity contribution in [3.8, 4) is 11.5 Å². The number of carbonyl (C=O) groups is 1. The molecule has 1 saturated heterocycles. The topological polar surface area (TPSA) is 62.8 Å². The summed E-state index contributed by atoms with van der Waals surface area (Å²) in [6.45, 7) is 5.15. The number of nitrogens with zero attached hydrogens (tertiary/aromatic N) is 1. The fourth-order valence-electron chi connectivity index (χ4n) is 3.05. The highest BCUT2D eigenvalue weighted by Crippen LogP contribution is 2.28. The van der Waals surface area contributed by atoms with Crippen LogP contribution in [0.15, 0.2) is 18.2 Å². The molecule has 1 heterocycles. The van der Waals surface area contributed by atoms with Crippen molar-refractivity contribution in [2.75, 3.05) is 39.2 Å². The molecule has 0 unspecified atom stereocenters. The summed E-state index contributed by atoms with van der Waals surface area (Å²) in [5.74, 6) is 1.28. The molecule has 0 aliphatic carbocycles. The Hall–Kier alpha value is -1.95. The van der Waals surface area contributed by atoms with Gasteiger partial charge in [0.25, 0.3) is 0 Å². The quantitative estimate of drug-likeness (QED) is 0.752. The van der Waals surface area contributed by atoms with Gasteiger partial charge in [0.1, 0.15) is 11.5 Å². The van der Waals surface area contributed by atoms with Crippen LogP contribution < -0.4 is 20.1 Å². The summed E-state index contributed by atoms with van der Waals surface area (Å²) in [6.07, 6.45) is 4.85. The van der Waals surface area contributed by atoms with Crippen LogP contribution in [0.25, 0.3) is 0 Å². The third-order valence-corrected chi connectivity index (χ3v) is 4.50. The van der Waals surface area contributed by atoms with Gasteiger partial charge in [-0.05, 0) is 44.9 Å². The lowest BCUT2D eigenvalue weighted by Crippen LogP contribution is -2.39. The van der Waals surface area contributed by atoms with E-state index in [4.69, 9.17) is 9.47 Å². The number of likely N-dealkylation sites (tertiary alicyclic amines) is 1. The number of amides is 2. The minimum Gasteiger partial charge on any atom is -0.497 e. The lowest BCUT2D eigenvalue weighted by molar-refractivity contribution is 0.159. The number of hydrogen-bond donors (Lipinski definition) is 2. The molecule has 1 fully saturated rings. The fraction of sp³-hybridized carbons (Fsp3) is 0.611. The van der Waals surface area contributed by atoms with Crippen LogP contribution in [-0.4, -0.2) is 50.8 Å². The van der Waals surface area contributed by atoms with Crippen LogP contribution in [0.4, 0.5) is 10.5 Å². The molecule has 2 N–H and O–H groups in total. The Morgan fingerprint density at radius 3 is 2.83 bits per heavy atom. The zero-order valence-corrected chi connectivity index (χ0v) is 14.9. The van der Waals surface area contributed by atoms with Crippen molar-refractivity contribution in [3.63, 3.8) is 0 Å². The van der Waals surface area contributed by atoms with Crippen LogP contribution in [0, 0.1) is 0 Å². The highest BCUT2D eigenvalue weighted by Gasteiger charge is 2.17. The first-order chi connectivity index (χ1) is 11.6. The number of rotatable bonds is 7. The maximum absolute atomic E-state index is 12.1. The highest BCUT2D eigenvalue weighted by atomic mass is 16.5. The predicted octanol–water partition coefficient (Wildman–Crippen LogP) is 3.09. The van der Waals surface area contributed by atoms with Crippen molar-refractivity contribution in [2.24, 2.45) is 0 Å². The molecular weight excluding hydrogens is 306 g/mol. The Kier molecular flexibility index (Phi) is 7.18. The molecule has 1 aliphatic heterocycles. The SMILES string of the molecule is COc1ccc(OC)c(NC(=O)NCCCN2CCCC[C@H]2C)c1. The first kappa shape index (κ1) is 18.4. The summed E-state index contributed by atoms with van der Waals surface area (Å²) < 4.78 is 10.4. The third-order valence-electron chi connectivity index (χ3n) is 4.50. The largest absolute Gasteiger partial charge is 0.497 e. The first-order valence-corrected chi connectivity index (χ1v) is 8.65. The van der Waals surface area contributed by atoms with Gasteiger partial charge in [0.15, 0.2) is 0 Å². The molecule has 1 aromatic carbocycles. The minimum absolute atomic E-state index is 0.228. The van der Waals surface area contributed by atoms with E-state index in [1.54, 1.807) is 32.4 Å². The van der Waals surface area contributed by atoms with Crippen molar-refractivity contribution < 1.29 is 14.3 Å². The average molecular weight is 335 g/mol. The van der Waals surface area contributed by atoms with E-state index in [0.717, 1.165) is 13.0 Å². The predicted molar refractivity (Wildman–Crippen MR) is 96.1 cm³/mol. The fourth-order valence-corrected chi connectivity index (χ4v) is 3.05. The van der Waals surface area contributed by atoms with Gasteiger partial charge in [-0.15, -0.1) is 0 Å². The smallest absolute Gasteiger partial charge is 0.319 e. The summed E-state index contributed by atoms with van der Waals surface area (Å²) in [5, 5.41) is 5.72. The maximum atomic E-state index is 12.1. The molecule has 0 saturated carbocycles. The molecule has 1 aliphatic rings. The lowest BCUT2D eigenvalue weighted by atomic mass is 10.0. The van der Waals surface area contributed by atoms with E-state index >= 15 is 0 Å². The van der Waals surface area contributed by atoms with Gasteiger partial charge < -0.3 is 25.0 Å². The number of hydrogen-bond acceptors (Lipinski definition) is 4. The molecule has 134 valence electrons. The van der Waals surface area contributed by atoms with Crippen LogP contribution >= 0.6 is 0 Å². The van der Waals surface area contributed by atoms with Gasteiger partial charge in [-0.3, -0.25) is 0 Å². The molecule has 0 spiro atoms. The number of piperidine rings is 1. The zero-order valence-electron chi connectivity index (χ0n) is 14.9. The Morgan fingerprint density at radius 1 is 1.29 bits per heavy atom. The molecular formula is C18H29N3O3. The molecule has 2 amide bonds. The second-order valence-corrected chi connectivity index (χ2v) is 6.18. The van der Waals surface area contributed by atoms with Crippen molar-refractivity contribution in [3.05, 3.63) is 18.2 Å². The van der Waals surface area contributed by atoms with Crippen molar-refractivity contribution in [2.45, 2.75) is 38.6 Å². The van der Waals surface area contributed by atoms with Gasteiger partial charge in [-0.1, -0.05) is 6.42 Å². The summed E-state index contributed by atoms with van der Waals surface area (Å²) in [4.78, 5) is 14.6. The molecule has 6 heteroatoms. The molecule has 1 atom stereocenters. The Labute approximate surface area is 144 Å². The standard InChI is InChI=1S/C18H29N3O3/c1-14-7-4-5-11-21(14)12-6-10-19-18(22)20-16-13-15(23-2)8-9-17(16)24-3/h8-9,13-14H,4-7,10-12H2,1-3H3,(H2,19,20,22)/t14-/m1/s1. The van der Waals surface area contributed by atoms with Gasteiger partial charge in [0.2, 0.25) is 0 Å². The van der Waals surface area contributed by atoms with Crippen LogP contribution in [-0.2, 0) is 0 Å². The Morgan fingerprint density at radius 2 is 2.12 bits per heavy atom. The molecule has 24 heavy (non-hydrogen) atoms. The Balaban J connectivity index is 1.75. The number of benzene rings is 1. The number of ether oxygens (including phenoxy) is 2. The second-order valence-electron chi connectivity index (χ2n) is 6.18. The first-order valence-electron chi connectivity index (χ1n) is 8.65. The molecule has 1 aromatic rings. The zero-order chi connectivity index (χ0) is 17.4. The lowest BCUT2D eigenvalue weighted by Gasteiger charge is -2.33. The molecule has 6 nitrogen and oxygen atoms in total. The van der Waals surface area contributed by atoms with Gasteiger partial charge >= 0.3 is 6.03 Å². The van der Waals surface area contributed by atoms with E-state index in [1.807, 2.05) is 0 Å². The number of carbonyl (C=O) groups excluding carboxylic acids is 1. The van der Waals surface area contributed by atoms with Crippen LogP contribution in [0.5, 0.6) is 11.5 Å². The average Bonchev–Trinajstić information content (AvgIpc) is 2.60. The molecule has 2 rings (SSSR count). The Bertz CT molecular complexity index is 536. The second kappa shape index (κ2) is 9.37. The third kappa shape index (κ3) is 5.30. The normalized spacial score (nSPS) is 18.0. The van der Waals surface area contributed by atoms with Crippen LogP contribution in [0.1, 0.15) is 32.6 Å². The van der Waals surface area contributed by atoms with Crippen LogP contribution in [0.3, 0.4) is 0 Å².